The van der Waals surface area contributed by atoms with Crippen molar-refractivity contribution in [1.29, 1.82) is 0 Å². The molecule has 1 fully saturated rings. The highest BCUT2D eigenvalue weighted by molar-refractivity contribution is 6.30. The molecule has 1 heterocycles. The van der Waals surface area contributed by atoms with E-state index >= 15 is 0 Å². The fourth-order valence-corrected chi connectivity index (χ4v) is 2.80. The Kier molecular flexibility index (Phi) is 7.15. The minimum atomic E-state index is -0.0854. The zero-order valence-corrected chi connectivity index (χ0v) is 14.7. The molecule has 0 aliphatic carbocycles. The molecular weight excluding hydrogens is 314 g/mol. The van der Waals surface area contributed by atoms with Crippen LogP contribution in [0.4, 0.5) is 0 Å². The number of nitrogens with one attached hydrogen (secondary N) is 1. The molecule has 0 radical (unpaired) electrons. The molecule has 1 aromatic carbocycles. The summed E-state index contributed by atoms with van der Waals surface area (Å²) in [5.41, 5.74) is 0.931. The number of likely N-dealkylation sites (N-methyl/N-ethyl adjacent to an activating group) is 1. The van der Waals surface area contributed by atoms with E-state index in [1.54, 1.807) is 12.1 Å². The van der Waals surface area contributed by atoms with E-state index in [2.05, 4.69) is 22.2 Å². The zero-order valence-electron chi connectivity index (χ0n) is 14.0. The molecule has 6 heteroatoms. The number of benzene rings is 1. The second-order valence-corrected chi connectivity index (χ2v) is 6.48. The molecule has 2 rings (SSSR count). The van der Waals surface area contributed by atoms with Crippen molar-refractivity contribution >= 4 is 17.5 Å². The van der Waals surface area contributed by atoms with E-state index in [-0.39, 0.29) is 12.5 Å². The molecule has 0 atom stereocenters. The van der Waals surface area contributed by atoms with Crippen molar-refractivity contribution in [2.75, 3.05) is 52.9 Å². The summed E-state index contributed by atoms with van der Waals surface area (Å²) in [4.78, 5) is 16.6. The number of nitrogens with zero attached hydrogens (tertiary/aromatic N) is 2. The fraction of sp³-hybridized carbons (Fsp3) is 0.588. The van der Waals surface area contributed by atoms with Crippen LogP contribution >= 0.6 is 11.6 Å². The highest BCUT2D eigenvalue weighted by atomic mass is 35.5. The predicted molar refractivity (Wildman–Crippen MR) is 93.2 cm³/mol. The predicted octanol–water partition coefficient (Wildman–Crippen LogP) is 1.78. The molecule has 0 aromatic heterocycles. The van der Waals surface area contributed by atoms with Crippen molar-refractivity contribution in [3.05, 3.63) is 28.8 Å². The minimum Gasteiger partial charge on any atom is -0.484 e. The standard InChI is InChI=1S/C17H26ClN3O2/c1-14-12-15(18)4-5-16(14)23-13-17(22)19-6-3-7-21-10-8-20(2)9-11-21/h4-5,12H,3,6-11,13H2,1-2H3,(H,19,22). The lowest BCUT2D eigenvalue weighted by Crippen LogP contribution is -2.45. The van der Waals surface area contributed by atoms with Crippen molar-refractivity contribution < 1.29 is 9.53 Å². The second kappa shape index (κ2) is 9.11. The van der Waals surface area contributed by atoms with Gasteiger partial charge in [-0.1, -0.05) is 11.6 Å². The lowest BCUT2D eigenvalue weighted by atomic mass is 10.2. The van der Waals surface area contributed by atoms with Gasteiger partial charge in [0.15, 0.2) is 6.61 Å². The van der Waals surface area contributed by atoms with Gasteiger partial charge in [-0.25, -0.2) is 0 Å². The van der Waals surface area contributed by atoms with Crippen molar-refractivity contribution in [3.63, 3.8) is 0 Å². The number of carbonyl (C=O) groups excluding carboxylic acids is 1. The highest BCUT2D eigenvalue weighted by Gasteiger charge is 2.13. The van der Waals surface area contributed by atoms with Gasteiger partial charge in [0.2, 0.25) is 0 Å². The summed E-state index contributed by atoms with van der Waals surface area (Å²) in [6, 6.07) is 5.38. The van der Waals surface area contributed by atoms with Crippen LogP contribution in [0.5, 0.6) is 5.75 Å². The molecule has 1 saturated heterocycles. The lowest BCUT2D eigenvalue weighted by molar-refractivity contribution is -0.123. The third-order valence-corrected chi connectivity index (χ3v) is 4.30. The monoisotopic (exact) mass is 339 g/mol. The number of carbonyl (C=O) groups is 1. The molecule has 1 aromatic rings. The summed E-state index contributed by atoms with van der Waals surface area (Å²) in [5, 5.41) is 3.57. The molecule has 5 nitrogen and oxygen atoms in total. The summed E-state index contributed by atoms with van der Waals surface area (Å²) in [7, 11) is 2.15. The van der Waals surface area contributed by atoms with Crippen LogP contribution in [0.25, 0.3) is 0 Å². The van der Waals surface area contributed by atoms with Crippen LogP contribution in [0.15, 0.2) is 18.2 Å². The fourth-order valence-electron chi connectivity index (χ4n) is 2.57. The van der Waals surface area contributed by atoms with Crippen molar-refractivity contribution in [3.8, 4) is 5.75 Å². The number of hydrogen-bond donors (Lipinski definition) is 1. The smallest absolute Gasteiger partial charge is 0.257 e. The Labute approximate surface area is 143 Å². The van der Waals surface area contributed by atoms with E-state index in [0.717, 1.165) is 44.7 Å². The van der Waals surface area contributed by atoms with Crippen LogP contribution in [-0.4, -0.2) is 68.6 Å². The topological polar surface area (TPSA) is 44.8 Å². The maximum Gasteiger partial charge on any atom is 0.257 e. The number of amides is 1. The summed E-state index contributed by atoms with van der Waals surface area (Å²) < 4.78 is 5.53. The molecular formula is C17H26ClN3O2. The van der Waals surface area contributed by atoms with Gasteiger partial charge in [-0.05, 0) is 50.7 Å². The highest BCUT2D eigenvalue weighted by Crippen LogP contribution is 2.21. The molecule has 128 valence electrons. The van der Waals surface area contributed by atoms with E-state index in [1.165, 1.54) is 0 Å². The van der Waals surface area contributed by atoms with Gasteiger partial charge in [-0.3, -0.25) is 4.79 Å². The Morgan fingerprint density at radius 1 is 1.30 bits per heavy atom. The number of ether oxygens (including phenoxy) is 1. The number of aryl methyl sites for hydroxylation is 1. The summed E-state index contributed by atoms with van der Waals surface area (Å²) in [6.45, 7) is 8.15. The molecule has 1 N–H and O–H groups in total. The Balaban J connectivity index is 1.58. The number of hydrogen-bond acceptors (Lipinski definition) is 4. The number of rotatable bonds is 7. The van der Waals surface area contributed by atoms with Crippen molar-refractivity contribution in [1.82, 2.24) is 15.1 Å². The molecule has 1 aliphatic heterocycles. The lowest BCUT2D eigenvalue weighted by Gasteiger charge is -2.32. The van der Waals surface area contributed by atoms with E-state index in [0.29, 0.717) is 17.3 Å². The van der Waals surface area contributed by atoms with Gasteiger partial charge in [-0.15, -0.1) is 0 Å². The quantitative estimate of drug-likeness (QED) is 0.769. The summed E-state index contributed by atoms with van der Waals surface area (Å²) in [6.07, 6.45) is 0.968. The molecule has 0 saturated carbocycles. The van der Waals surface area contributed by atoms with Gasteiger partial charge in [0, 0.05) is 37.7 Å². The van der Waals surface area contributed by atoms with Gasteiger partial charge in [0.1, 0.15) is 5.75 Å². The van der Waals surface area contributed by atoms with Gasteiger partial charge in [-0.2, -0.15) is 0 Å². The van der Waals surface area contributed by atoms with Crippen LogP contribution in [0.3, 0.4) is 0 Å². The second-order valence-electron chi connectivity index (χ2n) is 6.05. The van der Waals surface area contributed by atoms with Gasteiger partial charge in [0.05, 0.1) is 0 Å². The van der Waals surface area contributed by atoms with E-state index in [4.69, 9.17) is 16.3 Å². The van der Waals surface area contributed by atoms with Crippen LogP contribution in [0, 0.1) is 6.92 Å². The zero-order chi connectivity index (χ0) is 16.7. The maximum atomic E-state index is 11.8. The Morgan fingerprint density at radius 3 is 2.74 bits per heavy atom. The first-order valence-corrected chi connectivity index (χ1v) is 8.49. The third kappa shape index (κ3) is 6.37. The van der Waals surface area contributed by atoms with E-state index in [9.17, 15) is 4.79 Å². The molecule has 1 aliphatic rings. The van der Waals surface area contributed by atoms with Gasteiger partial charge < -0.3 is 19.9 Å². The van der Waals surface area contributed by atoms with Crippen LogP contribution in [0.2, 0.25) is 5.02 Å². The summed E-state index contributed by atoms with van der Waals surface area (Å²) >= 11 is 5.89. The molecule has 23 heavy (non-hydrogen) atoms. The number of halogens is 1. The Bertz CT molecular complexity index is 517. The first-order valence-electron chi connectivity index (χ1n) is 8.11. The van der Waals surface area contributed by atoms with Crippen molar-refractivity contribution in [2.24, 2.45) is 0 Å². The Hall–Kier alpha value is -1.30. The third-order valence-electron chi connectivity index (χ3n) is 4.06. The number of piperazine rings is 1. The van der Waals surface area contributed by atoms with Gasteiger partial charge in [0.25, 0.3) is 5.91 Å². The van der Waals surface area contributed by atoms with Crippen molar-refractivity contribution in [2.45, 2.75) is 13.3 Å². The van der Waals surface area contributed by atoms with Gasteiger partial charge >= 0.3 is 0 Å². The first kappa shape index (κ1) is 18.0. The largest absolute Gasteiger partial charge is 0.484 e. The van der Waals surface area contributed by atoms with Crippen LogP contribution in [-0.2, 0) is 4.79 Å². The summed E-state index contributed by atoms with van der Waals surface area (Å²) in [5.74, 6) is 0.611. The maximum absolute atomic E-state index is 11.8. The van der Waals surface area contributed by atoms with E-state index in [1.807, 2.05) is 13.0 Å². The van der Waals surface area contributed by atoms with Crippen LogP contribution in [0.1, 0.15) is 12.0 Å². The molecule has 0 unspecified atom stereocenters. The average Bonchev–Trinajstić information content (AvgIpc) is 2.52. The normalized spacial score (nSPS) is 16.3. The average molecular weight is 340 g/mol. The molecule has 0 bridgehead atoms. The molecule has 0 spiro atoms. The van der Waals surface area contributed by atoms with Crippen LogP contribution < -0.4 is 10.1 Å². The SMILES string of the molecule is Cc1cc(Cl)ccc1OCC(=O)NCCCN1CCN(C)CC1. The van der Waals surface area contributed by atoms with E-state index < -0.39 is 0 Å². The molecule has 1 amide bonds. The minimum absolute atomic E-state index is 0.0387. The first-order chi connectivity index (χ1) is 11.0. The Morgan fingerprint density at radius 2 is 2.04 bits per heavy atom.